The Labute approximate surface area is 162 Å². The third-order valence-electron chi connectivity index (χ3n) is 3.86. The van der Waals surface area contributed by atoms with Crippen LogP contribution in [0.25, 0.3) is 0 Å². The first kappa shape index (κ1) is 19.4. The molecule has 1 aliphatic carbocycles. The van der Waals surface area contributed by atoms with Crippen LogP contribution in [0.2, 0.25) is 0 Å². The predicted molar refractivity (Wildman–Crippen MR) is 97.3 cm³/mol. The minimum atomic E-state index is -2.67. The van der Waals surface area contributed by atoms with E-state index in [1.807, 2.05) is 0 Å². The van der Waals surface area contributed by atoms with Gasteiger partial charge in [0, 0.05) is 6.08 Å². The Kier molecular flexibility index (Phi) is 5.13. The van der Waals surface area contributed by atoms with E-state index in [1.165, 1.54) is 24.3 Å². The quantitative estimate of drug-likeness (QED) is 0.299. The molecule has 0 saturated heterocycles. The molecule has 11 nitrogen and oxygen atoms in total. The Bertz CT molecular complexity index is 963. The Balaban J connectivity index is 2.24. The molecule has 0 saturated carbocycles. The molecule has 0 heterocycles. The van der Waals surface area contributed by atoms with Gasteiger partial charge in [-0.05, 0) is 34.1 Å². The maximum Gasteiger partial charge on any atom is 0.365 e. The van der Waals surface area contributed by atoms with Gasteiger partial charge in [-0.3, -0.25) is 30.3 Å². The molecule has 0 aliphatic heterocycles. The lowest BCUT2D eigenvalue weighted by Crippen LogP contribution is -2.55. The summed E-state index contributed by atoms with van der Waals surface area (Å²) in [6, 6.07) is 14.1. The second-order valence-corrected chi connectivity index (χ2v) is 5.70. The summed E-state index contributed by atoms with van der Waals surface area (Å²) in [7, 11) is 0. The van der Waals surface area contributed by atoms with E-state index in [1.54, 1.807) is 36.4 Å². The van der Waals surface area contributed by atoms with Gasteiger partial charge in [0.05, 0.1) is 4.92 Å². The number of ether oxygens (including phenoxy) is 2. The molecule has 148 valence electrons. The van der Waals surface area contributed by atoms with Crippen molar-refractivity contribution in [3.05, 3.63) is 121 Å². The first-order valence-corrected chi connectivity index (χ1v) is 8.06. The molecule has 0 fully saturated rings. The van der Waals surface area contributed by atoms with Crippen LogP contribution in [-0.4, -0.2) is 20.6 Å². The average Bonchev–Trinajstić information content (AvgIpc) is 2.69. The van der Waals surface area contributed by atoms with Gasteiger partial charge in [-0.1, -0.05) is 42.5 Å². The van der Waals surface area contributed by atoms with E-state index >= 15 is 0 Å². The number of nitro groups is 3. The molecular formula is C18H12N3O8-. The molecule has 0 spiro atoms. The molecule has 1 aliphatic rings. The monoisotopic (exact) mass is 398 g/mol. The number of rotatable bonds is 7. The minimum absolute atomic E-state index is 0.0217. The second-order valence-electron chi connectivity index (χ2n) is 5.70. The van der Waals surface area contributed by atoms with Crippen molar-refractivity contribution >= 4 is 0 Å². The summed E-state index contributed by atoms with van der Waals surface area (Å²) in [5.74, 6) is -2.63. The molecule has 0 N–H and O–H groups in total. The Hall–Kier alpha value is -4.41. The van der Waals surface area contributed by atoms with Crippen molar-refractivity contribution in [1.82, 2.24) is 0 Å². The van der Waals surface area contributed by atoms with Crippen LogP contribution in [-0.2, 0) is 0 Å². The third kappa shape index (κ3) is 3.83. The number of nitrogens with zero attached hydrogens (tertiary/aromatic N) is 3. The van der Waals surface area contributed by atoms with Crippen LogP contribution in [0.5, 0.6) is 11.5 Å². The van der Waals surface area contributed by atoms with Crippen molar-refractivity contribution in [2.75, 3.05) is 0 Å². The van der Waals surface area contributed by atoms with Gasteiger partial charge in [-0.2, -0.15) is 0 Å². The number of benzene rings is 2. The van der Waals surface area contributed by atoms with Gasteiger partial charge in [-0.25, -0.2) is 0 Å². The van der Waals surface area contributed by atoms with Crippen molar-refractivity contribution in [2.24, 2.45) is 0 Å². The molecular weight excluding hydrogens is 386 g/mol. The zero-order chi connectivity index (χ0) is 21.0. The number of hydrogen-bond donors (Lipinski definition) is 0. The lowest BCUT2D eigenvalue weighted by Gasteiger charge is -2.37. The topological polar surface area (TPSA) is 148 Å². The van der Waals surface area contributed by atoms with E-state index in [0.717, 1.165) is 0 Å². The van der Waals surface area contributed by atoms with Gasteiger partial charge in [0.2, 0.25) is 6.04 Å². The normalized spacial score (nSPS) is 15.0. The van der Waals surface area contributed by atoms with E-state index < -0.39 is 38.0 Å². The lowest BCUT2D eigenvalue weighted by molar-refractivity contribution is -0.517. The fraction of sp³-hybridized carbons (Fsp3) is 0.0556. The minimum Gasteiger partial charge on any atom is -0.449 e. The van der Waals surface area contributed by atoms with E-state index in [2.05, 4.69) is 0 Å². The fourth-order valence-electron chi connectivity index (χ4n) is 2.63. The largest absolute Gasteiger partial charge is 0.449 e. The molecule has 0 atom stereocenters. The van der Waals surface area contributed by atoms with Crippen LogP contribution in [0.3, 0.4) is 0 Å². The zero-order valence-corrected chi connectivity index (χ0v) is 14.5. The highest BCUT2D eigenvalue weighted by Gasteiger charge is 2.58. The molecule has 0 aromatic heterocycles. The summed E-state index contributed by atoms with van der Waals surface area (Å²) in [5.41, 5.74) is -1.85. The molecule has 2 aromatic rings. The van der Waals surface area contributed by atoms with Crippen LogP contribution in [0.15, 0.2) is 84.2 Å². The second kappa shape index (κ2) is 7.68. The van der Waals surface area contributed by atoms with Crippen LogP contribution in [0, 0.1) is 36.4 Å². The molecule has 0 amide bonds. The first-order valence-electron chi connectivity index (χ1n) is 8.06. The SMILES string of the molecule is O=[N+]([O-])C1=C[C-]([N+](=O)[O-])C(Oc2ccccc2)(Oc2ccccc2)C([N+](=O)[O-])=C1. The zero-order valence-electron chi connectivity index (χ0n) is 14.5. The summed E-state index contributed by atoms with van der Waals surface area (Å²) < 4.78 is 11.3. The van der Waals surface area contributed by atoms with Crippen LogP contribution in [0.4, 0.5) is 0 Å². The summed E-state index contributed by atoms with van der Waals surface area (Å²) in [5, 5.41) is 34.7. The molecule has 0 unspecified atom stereocenters. The van der Waals surface area contributed by atoms with E-state index in [4.69, 9.17) is 9.47 Å². The molecule has 0 bridgehead atoms. The molecule has 11 heteroatoms. The fourth-order valence-corrected chi connectivity index (χ4v) is 2.63. The first-order chi connectivity index (χ1) is 13.8. The lowest BCUT2D eigenvalue weighted by atomic mass is 9.96. The van der Waals surface area contributed by atoms with Gasteiger partial charge in [0.25, 0.3) is 0 Å². The van der Waals surface area contributed by atoms with E-state index in [9.17, 15) is 30.3 Å². The van der Waals surface area contributed by atoms with Crippen molar-refractivity contribution in [2.45, 2.75) is 5.79 Å². The molecule has 0 radical (unpaired) electrons. The number of allylic oxidation sites excluding steroid dienone is 1. The molecule has 3 rings (SSSR count). The number of hydrogen-bond acceptors (Lipinski definition) is 8. The Morgan fingerprint density at radius 3 is 1.62 bits per heavy atom. The van der Waals surface area contributed by atoms with Gasteiger partial charge in [0.1, 0.15) is 17.2 Å². The van der Waals surface area contributed by atoms with Crippen LogP contribution < -0.4 is 9.47 Å². The summed E-state index contributed by atoms with van der Waals surface area (Å²) in [6.07, 6.45) is 1.16. The van der Waals surface area contributed by atoms with Gasteiger partial charge >= 0.3 is 11.5 Å². The standard InChI is InChI=1S/C18H12N3O8/c22-19(23)13-11-16(20(24)25)18(17(12-13)21(26)27,28-14-7-3-1-4-8-14)29-15-9-5-2-6-10-15/h1-12H/q-1. The summed E-state index contributed by atoms with van der Waals surface area (Å²) in [4.78, 5) is 31.7. The Morgan fingerprint density at radius 2 is 1.24 bits per heavy atom. The maximum atomic E-state index is 11.8. The van der Waals surface area contributed by atoms with Gasteiger partial charge < -0.3 is 9.47 Å². The predicted octanol–water partition coefficient (Wildman–Crippen LogP) is 2.98. The molecule has 2 aromatic carbocycles. The van der Waals surface area contributed by atoms with E-state index in [-0.39, 0.29) is 11.5 Å². The van der Waals surface area contributed by atoms with Gasteiger partial charge in [-0.15, -0.1) is 0 Å². The average molecular weight is 398 g/mol. The van der Waals surface area contributed by atoms with Crippen molar-refractivity contribution in [1.29, 1.82) is 0 Å². The van der Waals surface area contributed by atoms with Crippen LogP contribution in [0.1, 0.15) is 0 Å². The van der Waals surface area contributed by atoms with Crippen molar-refractivity contribution < 1.29 is 24.2 Å². The Morgan fingerprint density at radius 1 is 0.759 bits per heavy atom. The third-order valence-corrected chi connectivity index (χ3v) is 3.86. The van der Waals surface area contributed by atoms with Gasteiger partial charge in [0.15, 0.2) is 0 Å². The summed E-state index contributed by atoms with van der Waals surface area (Å²) >= 11 is 0. The highest BCUT2D eigenvalue weighted by Crippen LogP contribution is 2.41. The smallest absolute Gasteiger partial charge is 0.365 e. The number of para-hydroxylation sites is 2. The van der Waals surface area contributed by atoms with Crippen molar-refractivity contribution in [3.8, 4) is 11.5 Å². The van der Waals surface area contributed by atoms with Crippen LogP contribution >= 0.6 is 0 Å². The summed E-state index contributed by atoms with van der Waals surface area (Å²) in [6.45, 7) is 0. The molecule has 29 heavy (non-hydrogen) atoms. The highest BCUT2D eigenvalue weighted by molar-refractivity contribution is 5.40. The van der Waals surface area contributed by atoms with E-state index in [0.29, 0.717) is 12.2 Å². The highest BCUT2D eigenvalue weighted by atomic mass is 16.7. The maximum absolute atomic E-state index is 11.8. The van der Waals surface area contributed by atoms with Crippen molar-refractivity contribution in [3.63, 3.8) is 0 Å².